The van der Waals surface area contributed by atoms with E-state index in [2.05, 4.69) is 73.2 Å². The lowest BCUT2D eigenvalue weighted by Gasteiger charge is -2.52. The van der Waals surface area contributed by atoms with Gasteiger partial charge in [-0.05, 0) is 38.0 Å². The molecule has 1 aromatic carbocycles. The molecule has 0 radical (unpaired) electrons. The normalized spacial score (nSPS) is 26.8. The van der Waals surface area contributed by atoms with Crippen LogP contribution in [0.3, 0.4) is 0 Å². The van der Waals surface area contributed by atoms with Crippen molar-refractivity contribution in [3.63, 3.8) is 0 Å². The number of benzene rings is 1. The van der Waals surface area contributed by atoms with Crippen molar-refractivity contribution >= 4 is 15.9 Å². The molecule has 1 saturated carbocycles. The molecular weight excluding hydrogens is 302 g/mol. The lowest BCUT2D eigenvalue weighted by atomic mass is 9.64. The van der Waals surface area contributed by atoms with Crippen molar-refractivity contribution in [2.24, 2.45) is 5.41 Å². The van der Waals surface area contributed by atoms with Gasteiger partial charge in [0.25, 0.3) is 0 Å². The second-order valence-corrected chi connectivity index (χ2v) is 6.91. The molecule has 0 saturated heterocycles. The first-order valence-electron chi connectivity index (χ1n) is 7.08. The molecule has 0 aromatic heterocycles. The number of hydrogen-bond donors (Lipinski definition) is 1. The first-order valence-corrected chi connectivity index (χ1v) is 7.87. The fourth-order valence-corrected chi connectivity index (χ4v) is 3.07. The molecule has 106 valence electrons. The average molecular weight is 326 g/mol. The van der Waals surface area contributed by atoms with Crippen LogP contribution >= 0.6 is 15.9 Å². The quantitative estimate of drug-likeness (QED) is 0.871. The molecular formula is C16H24BrNO. The van der Waals surface area contributed by atoms with Crippen LogP contribution in [-0.4, -0.2) is 18.8 Å². The van der Waals surface area contributed by atoms with E-state index < -0.39 is 0 Å². The maximum Gasteiger partial charge on any atom is 0.0655 e. The Kier molecular flexibility index (Phi) is 4.70. The van der Waals surface area contributed by atoms with E-state index in [0.717, 1.165) is 17.5 Å². The van der Waals surface area contributed by atoms with E-state index in [9.17, 15) is 0 Å². The molecule has 0 bridgehead atoms. The van der Waals surface area contributed by atoms with Gasteiger partial charge in [0.1, 0.15) is 0 Å². The van der Waals surface area contributed by atoms with Crippen LogP contribution in [0.4, 0.5) is 0 Å². The summed E-state index contributed by atoms with van der Waals surface area (Å²) in [7, 11) is 0. The highest BCUT2D eigenvalue weighted by molar-refractivity contribution is 9.10. The first-order chi connectivity index (χ1) is 8.95. The number of ether oxygens (including phenoxy) is 1. The molecule has 1 aliphatic rings. The minimum atomic E-state index is 0.222. The summed E-state index contributed by atoms with van der Waals surface area (Å²) in [6.07, 6.45) is 1.51. The van der Waals surface area contributed by atoms with E-state index in [1.54, 1.807) is 0 Å². The van der Waals surface area contributed by atoms with Gasteiger partial charge in [0.05, 0.1) is 6.10 Å². The smallest absolute Gasteiger partial charge is 0.0655 e. The summed E-state index contributed by atoms with van der Waals surface area (Å²) in [5, 5.41) is 3.74. The van der Waals surface area contributed by atoms with Crippen LogP contribution in [0.15, 0.2) is 28.7 Å². The maximum atomic E-state index is 5.78. The molecule has 1 aliphatic carbocycles. The van der Waals surface area contributed by atoms with Gasteiger partial charge in [0.2, 0.25) is 0 Å². The molecule has 1 fully saturated rings. The number of hydrogen-bond acceptors (Lipinski definition) is 2. The third-order valence-corrected chi connectivity index (χ3v) is 4.90. The Morgan fingerprint density at radius 2 is 2.00 bits per heavy atom. The first kappa shape index (κ1) is 15.0. The summed E-state index contributed by atoms with van der Waals surface area (Å²) in [6, 6.07) is 9.45. The van der Waals surface area contributed by atoms with E-state index in [1.165, 1.54) is 5.56 Å². The van der Waals surface area contributed by atoms with Gasteiger partial charge in [0.15, 0.2) is 0 Å². The predicted molar refractivity (Wildman–Crippen MR) is 83.3 cm³/mol. The largest absolute Gasteiger partial charge is 0.378 e. The summed E-state index contributed by atoms with van der Waals surface area (Å²) in [5.74, 6) is 0. The second kappa shape index (κ2) is 5.94. The van der Waals surface area contributed by atoms with Gasteiger partial charge in [0, 0.05) is 28.6 Å². The summed E-state index contributed by atoms with van der Waals surface area (Å²) < 4.78 is 6.91. The summed E-state index contributed by atoms with van der Waals surface area (Å²) in [5.41, 5.74) is 1.55. The Morgan fingerprint density at radius 3 is 2.53 bits per heavy atom. The third-order valence-electron chi connectivity index (χ3n) is 4.37. The van der Waals surface area contributed by atoms with E-state index in [1.807, 2.05) is 0 Å². The molecule has 1 aromatic rings. The van der Waals surface area contributed by atoms with Gasteiger partial charge in [-0.2, -0.15) is 0 Å². The molecule has 3 atom stereocenters. The standard InChI is InChI=1S/C16H24BrNO/c1-5-19-15-10-14(16(15,3)4)18-11(2)12-6-8-13(17)9-7-12/h6-9,11,14-15,18H,5,10H2,1-4H3/t11-,14?,15?/m1/s1. The van der Waals surface area contributed by atoms with Crippen LogP contribution in [-0.2, 0) is 4.74 Å². The molecule has 2 unspecified atom stereocenters. The van der Waals surface area contributed by atoms with E-state index in [0.29, 0.717) is 18.2 Å². The van der Waals surface area contributed by atoms with E-state index in [-0.39, 0.29) is 5.41 Å². The lowest BCUT2D eigenvalue weighted by Crippen LogP contribution is -2.61. The van der Waals surface area contributed by atoms with Crippen LogP contribution in [0.5, 0.6) is 0 Å². The van der Waals surface area contributed by atoms with Crippen molar-refractivity contribution in [1.82, 2.24) is 5.32 Å². The SMILES string of the molecule is CCOC1CC(N[C@H](C)c2ccc(Br)cc2)C1(C)C. The minimum Gasteiger partial charge on any atom is -0.378 e. The van der Waals surface area contributed by atoms with Crippen LogP contribution in [0, 0.1) is 5.41 Å². The van der Waals surface area contributed by atoms with Crippen molar-refractivity contribution in [1.29, 1.82) is 0 Å². The number of halogens is 1. The van der Waals surface area contributed by atoms with Gasteiger partial charge >= 0.3 is 0 Å². The second-order valence-electron chi connectivity index (χ2n) is 5.99. The van der Waals surface area contributed by atoms with Crippen molar-refractivity contribution in [3.8, 4) is 0 Å². The maximum absolute atomic E-state index is 5.78. The van der Waals surface area contributed by atoms with Crippen molar-refractivity contribution in [3.05, 3.63) is 34.3 Å². The highest BCUT2D eigenvalue weighted by Gasteiger charge is 2.48. The molecule has 0 spiro atoms. The third kappa shape index (κ3) is 3.21. The van der Waals surface area contributed by atoms with Crippen LogP contribution in [0.25, 0.3) is 0 Å². The van der Waals surface area contributed by atoms with Gasteiger partial charge < -0.3 is 10.1 Å². The van der Waals surface area contributed by atoms with Crippen molar-refractivity contribution < 1.29 is 4.74 Å². The molecule has 0 amide bonds. The Balaban J connectivity index is 1.93. The Labute approximate surface area is 125 Å². The summed E-state index contributed by atoms with van der Waals surface area (Å²) in [4.78, 5) is 0. The van der Waals surface area contributed by atoms with Gasteiger partial charge in [-0.25, -0.2) is 0 Å². The molecule has 2 rings (SSSR count). The molecule has 1 N–H and O–H groups in total. The molecule has 19 heavy (non-hydrogen) atoms. The highest BCUT2D eigenvalue weighted by Crippen LogP contribution is 2.43. The molecule has 0 heterocycles. The summed E-state index contributed by atoms with van der Waals surface area (Å²) in [6.45, 7) is 9.70. The zero-order chi connectivity index (χ0) is 14.0. The van der Waals surface area contributed by atoms with Crippen molar-refractivity contribution in [2.75, 3.05) is 6.61 Å². The molecule has 0 aliphatic heterocycles. The van der Waals surface area contributed by atoms with Crippen LogP contribution in [0.2, 0.25) is 0 Å². The molecule has 2 nitrogen and oxygen atoms in total. The Bertz CT molecular complexity index is 415. The fourth-order valence-electron chi connectivity index (χ4n) is 2.80. The lowest BCUT2D eigenvalue weighted by molar-refractivity contribution is -0.116. The fraction of sp³-hybridized carbons (Fsp3) is 0.625. The minimum absolute atomic E-state index is 0.222. The average Bonchev–Trinajstić information content (AvgIpc) is 2.38. The summed E-state index contributed by atoms with van der Waals surface area (Å²) >= 11 is 3.48. The van der Waals surface area contributed by atoms with Crippen molar-refractivity contribution in [2.45, 2.75) is 52.3 Å². The van der Waals surface area contributed by atoms with Crippen LogP contribution in [0.1, 0.15) is 45.7 Å². The topological polar surface area (TPSA) is 21.3 Å². The zero-order valence-corrected chi connectivity index (χ0v) is 13.8. The number of rotatable bonds is 5. The van der Waals surface area contributed by atoms with Gasteiger partial charge in [-0.1, -0.05) is 41.9 Å². The van der Waals surface area contributed by atoms with Gasteiger partial charge in [-0.3, -0.25) is 0 Å². The predicted octanol–water partition coefficient (Wildman–Crippen LogP) is 4.30. The number of nitrogens with one attached hydrogen (secondary N) is 1. The zero-order valence-electron chi connectivity index (χ0n) is 12.2. The molecule has 3 heteroatoms. The van der Waals surface area contributed by atoms with E-state index in [4.69, 9.17) is 4.74 Å². The Hall–Kier alpha value is -0.380. The Morgan fingerprint density at radius 1 is 1.37 bits per heavy atom. The van der Waals surface area contributed by atoms with Gasteiger partial charge in [-0.15, -0.1) is 0 Å². The van der Waals surface area contributed by atoms with E-state index >= 15 is 0 Å². The highest BCUT2D eigenvalue weighted by atomic mass is 79.9. The monoisotopic (exact) mass is 325 g/mol. The van der Waals surface area contributed by atoms with Crippen LogP contribution < -0.4 is 5.32 Å².